The molecule has 11 aromatic rings. The lowest BCUT2D eigenvalue weighted by Crippen LogP contribution is -2.66. The molecule has 688 valence electrons. The zero-order valence-electron chi connectivity index (χ0n) is 73.6. The molecule has 15 rings (SSSR count). The molecule has 4 fully saturated rings. The van der Waals surface area contributed by atoms with Crippen LogP contribution in [-0.4, -0.2) is 150 Å². The van der Waals surface area contributed by atoms with E-state index in [1.807, 2.05) is 237 Å². The van der Waals surface area contributed by atoms with Gasteiger partial charge >= 0.3 is 23.9 Å². The van der Waals surface area contributed by atoms with E-state index in [0.29, 0.717) is 27.9 Å². The average molecular weight is 1820 g/mol. The van der Waals surface area contributed by atoms with Crippen molar-refractivity contribution >= 4 is 45.3 Å². The number of benzene rings is 11. The molecule has 0 spiro atoms. The topological polar surface area (TPSA) is 261 Å². The number of carbonyl (C=O) groups is 5. The number of sulfone groups is 1. The number of nitrogens with zero attached hydrogens (tertiary/aromatic N) is 1. The maximum Gasteiger partial charge on any atom is 0.312 e. The van der Waals surface area contributed by atoms with Gasteiger partial charge in [-0.2, -0.15) is 0 Å². The molecule has 18 atom stereocenters. The number of ether oxygens (including phenoxy) is 15. The summed E-state index contributed by atoms with van der Waals surface area (Å²) < 4.78 is 162. The van der Waals surface area contributed by atoms with E-state index in [9.17, 15) is 32.8 Å². The lowest BCUT2D eigenvalue weighted by Gasteiger charge is -2.50. The first kappa shape index (κ1) is 94.8. The third-order valence-corrected chi connectivity index (χ3v) is 25.7. The van der Waals surface area contributed by atoms with E-state index in [1.54, 1.807) is 29.2 Å². The Hall–Kier alpha value is -11.9. The highest BCUT2D eigenvalue weighted by Gasteiger charge is 2.58. The fraction of sp³-hybridized carbons (Fsp3) is 0.330. The van der Waals surface area contributed by atoms with Crippen molar-refractivity contribution in [2.24, 2.45) is 11.8 Å². The molecule has 11 aromatic carbocycles. The second-order valence-corrected chi connectivity index (χ2v) is 35.2. The molecule has 6 unspecified atom stereocenters. The summed E-state index contributed by atoms with van der Waals surface area (Å²) in [7, 11) is -3.23. The van der Waals surface area contributed by atoms with Crippen molar-refractivity contribution in [1.82, 2.24) is 0 Å². The number of rotatable bonds is 41. The number of amides is 1. The minimum atomic E-state index is -4.36. The highest BCUT2D eigenvalue weighted by molar-refractivity contribution is 7.91. The van der Waals surface area contributed by atoms with E-state index in [-0.39, 0.29) is 89.5 Å². The molecule has 26 heteroatoms. The summed E-state index contributed by atoms with van der Waals surface area (Å²) in [5.74, 6) is -7.40. The SMILES string of the molecule is COC(=O)C1C[C@@H](O[C@@H](CC[C@H]2C(=O)N(c3ccc(F)cc3)[C@@H]2c2ccc(-c3ccc(S(=O)(=O)C[C@@H]4OC(COCc5ccccc5)[C@@H](O[C@@H]5OC(COCc6ccccc6)[C@@H](OCc6ccccc6)[C@@H](OCc6ccccc6)C5OCc5ccccc5)[C@@H](OCc5ccccc5)C4OCc4ccccc4)cc3)cc2)c2ccc(F)cc2)C(OC(C)=O)[C@@H](OC(C)=O)[C@@H]1OC(C)=O. The molecule has 1 aliphatic carbocycles. The lowest BCUT2D eigenvalue weighted by atomic mass is 9.77. The standard InChI is InChI=1S/C106H107F2NO22S/c1-69(110)125-95-88(105(114)117-4)58-90(98(126-70(2)111)102(95)127-71(3)112)128-89(81-44-48-83(107)49-45-81)57-56-87-94(109(104(87)113)85-52-50-84(108)51-53-85)82-42-40-79(41-43-82)80-46-54-86(55-47-80)132(115,116)68-93-97(121-62-75-32-18-8-19-33-75)100(122-63-76-34-20-9-21-35-76)99(92(129-93)67-119-60-73-28-14-6-15-29-73)131-106-103(124-65-78-38-24-11-25-39-78)101(123-64-77-36-22-10-23-37-77)96(120-61-74-30-16-7-17-31-74)91(130-106)66-118-59-72-26-12-5-13-27-72/h5-55,87-103,106H,56-68H2,1-4H3/t87-,88?,89+,90-,91?,92?,93+,94-,95-,96-,97?,98?,99-,100+,101-,102+,103?,106+/m1/s1. The zero-order chi connectivity index (χ0) is 91.9. The summed E-state index contributed by atoms with van der Waals surface area (Å²) in [6.45, 7) is 3.97. The van der Waals surface area contributed by atoms with Gasteiger partial charge in [-0.1, -0.05) is 261 Å². The van der Waals surface area contributed by atoms with Crippen LogP contribution in [0.25, 0.3) is 11.1 Å². The van der Waals surface area contributed by atoms with Crippen LogP contribution < -0.4 is 4.90 Å². The van der Waals surface area contributed by atoms with Crippen LogP contribution in [0, 0.1) is 23.5 Å². The Balaban J connectivity index is 0.746. The molecule has 3 saturated heterocycles. The van der Waals surface area contributed by atoms with Gasteiger partial charge < -0.3 is 76.0 Å². The highest BCUT2D eigenvalue weighted by atomic mass is 32.2. The summed E-state index contributed by atoms with van der Waals surface area (Å²) in [4.78, 5) is 68.4. The molecule has 0 aromatic heterocycles. The number of hydrogen-bond donors (Lipinski definition) is 0. The van der Waals surface area contributed by atoms with Crippen LogP contribution in [0.5, 0.6) is 0 Å². The van der Waals surface area contributed by atoms with Crippen molar-refractivity contribution in [3.05, 3.63) is 371 Å². The van der Waals surface area contributed by atoms with Gasteiger partial charge in [0, 0.05) is 26.5 Å². The predicted molar refractivity (Wildman–Crippen MR) is 484 cm³/mol. The Morgan fingerprint density at radius 2 is 0.803 bits per heavy atom. The first-order valence-corrected chi connectivity index (χ1v) is 45.9. The fourth-order valence-corrected chi connectivity index (χ4v) is 19.0. The van der Waals surface area contributed by atoms with E-state index in [1.165, 1.54) is 48.5 Å². The van der Waals surface area contributed by atoms with Gasteiger partial charge in [0.2, 0.25) is 5.91 Å². The van der Waals surface area contributed by atoms with Gasteiger partial charge in [-0.25, -0.2) is 17.2 Å². The monoisotopic (exact) mass is 1820 g/mol. The molecule has 1 amide bonds. The van der Waals surface area contributed by atoms with Gasteiger partial charge in [-0.05, 0) is 129 Å². The molecule has 0 N–H and O–H groups in total. The van der Waals surface area contributed by atoms with Gasteiger partial charge in [-0.3, -0.25) is 24.0 Å². The molecular formula is C106H107F2NO22S. The number of methoxy groups -OCH3 is 1. The third kappa shape index (κ3) is 24.9. The Bertz CT molecular complexity index is 5620. The molecule has 0 bridgehead atoms. The van der Waals surface area contributed by atoms with Crippen LogP contribution in [0.4, 0.5) is 14.5 Å². The number of halogens is 2. The molecular weight excluding hydrogens is 1710 g/mol. The maximum absolute atomic E-state index is 15.8. The first-order valence-electron chi connectivity index (χ1n) is 44.3. The maximum atomic E-state index is 15.8. The molecule has 23 nitrogen and oxygen atoms in total. The smallest absolute Gasteiger partial charge is 0.312 e. The number of hydrogen-bond acceptors (Lipinski definition) is 22. The van der Waals surface area contributed by atoms with Crippen LogP contribution in [0.1, 0.15) is 102 Å². The average Bonchev–Trinajstić information content (AvgIpc) is 0.829. The van der Waals surface area contributed by atoms with Gasteiger partial charge in [0.1, 0.15) is 78.6 Å². The fourth-order valence-electron chi connectivity index (χ4n) is 17.6. The minimum absolute atomic E-state index is 0.00737. The van der Waals surface area contributed by atoms with Crippen LogP contribution >= 0.6 is 0 Å². The van der Waals surface area contributed by atoms with Crippen molar-refractivity contribution in [2.75, 3.05) is 31.0 Å². The minimum Gasteiger partial charge on any atom is -0.469 e. The Morgan fingerprint density at radius 3 is 1.25 bits per heavy atom. The predicted octanol–water partition coefficient (Wildman–Crippen LogP) is 17.2. The molecule has 1 saturated carbocycles. The number of esters is 4. The summed E-state index contributed by atoms with van der Waals surface area (Å²) >= 11 is 0. The van der Waals surface area contributed by atoms with E-state index in [4.69, 9.17) is 71.1 Å². The van der Waals surface area contributed by atoms with Crippen LogP contribution in [0.3, 0.4) is 0 Å². The number of carbonyl (C=O) groups excluding carboxylic acids is 5. The van der Waals surface area contributed by atoms with Crippen molar-refractivity contribution < 1.29 is 112 Å². The van der Waals surface area contributed by atoms with E-state index in [0.717, 1.165) is 66.8 Å². The van der Waals surface area contributed by atoms with E-state index in [2.05, 4.69) is 0 Å². The number of β-lactam (4-membered cyclic amide) rings is 1. The summed E-state index contributed by atoms with van der Waals surface area (Å²) in [5, 5.41) is 0. The second-order valence-electron chi connectivity index (χ2n) is 33.2. The first-order chi connectivity index (χ1) is 64.3. The van der Waals surface area contributed by atoms with Crippen molar-refractivity contribution in [2.45, 2.75) is 189 Å². The van der Waals surface area contributed by atoms with Crippen molar-refractivity contribution in [1.29, 1.82) is 0 Å². The Kier molecular flexibility index (Phi) is 33.0. The molecule has 0 radical (unpaired) electrons. The molecule has 132 heavy (non-hydrogen) atoms. The van der Waals surface area contributed by atoms with Crippen LogP contribution in [0.15, 0.2) is 314 Å². The van der Waals surface area contributed by atoms with Crippen LogP contribution in [-0.2, 0) is 151 Å². The van der Waals surface area contributed by atoms with E-state index >= 15 is 8.42 Å². The Labute approximate surface area is 767 Å². The van der Waals surface area contributed by atoms with Gasteiger partial charge in [0.05, 0.1) is 95.3 Å². The Morgan fingerprint density at radius 1 is 0.417 bits per heavy atom. The molecule has 3 aliphatic heterocycles. The van der Waals surface area contributed by atoms with Gasteiger partial charge in [0.15, 0.2) is 34.4 Å². The van der Waals surface area contributed by atoms with Crippen molar-refractivity contribution in [3.63, 3.8) is 0 Å². The normalized spacial score (nSPS) is 23.8. The third-order valence-electron chi connectivity index (χ3n) is 24.0. The largest absolute Gasteiger partial charge is 0.469 e. The number of anilines is 1. The second kappa shape index (κ2) is 46.0. The summed E-state index contributed by atoms with van der Waals surface area (Å²) in [5.41, 5.74) is 8.91. The van der Waals surface area contributed by atoms with Crippen molar-refractivity contribution in [3.8, 4) is 11.1 Å². The highest BCUT2D eigenvalue weighted by Crippen LogP contribution is 2.49. The van der Waals surface area contributed by atoms with Crippen LogP contribution in [0.2, 0.25) is 0 Å². The molecule has 3 heterocycles. The summed E-state index contributed by atoms with van der Waals surface area (Å²) in [6.07, 6.45) is -17.8. The van der Waals surface area contributed by atoms with Gasteiger partial charge in [0.25, 0.3) is 0 Å². The molecule has 4 aliphatic rings. The lowest BCUT2D eigenvalue weighted by molar-refractivity contribution is -0.362. The zero-order valence-corrected chi connectivity index (χ0v) is 74.4. The quantitative estimate of drug-likeness (QED) is 0.0196. The summed E-state index contributed by atoms with van der Waals surface area (Å²) in [6, 6.07) is 92.3. The van der Waals surface area contributed by atoms with Gasteiger partial charge in [-0.15, -0.1) is 0 Å². The van der Waals surface area contributed by atoms with E-state index < -0.39 is 161 Å².